The fourth-order valence-electron chi connectivity index (χ4n) is 3.04. The number of anilines is 1. The van der Waals surface area contributed by atoms with E-state index in [-0.39, 0.29) is 39.0 Å². The number of carbonyl (C=O) groups excluding carboxylic acids is 1. The van der Waals surface area contributed by atoms with Gasteiger partial charge in [0.1, 0.15) is 16.9 Å². The van der Waals surface area contributed by atoms with Crippen molar-refractivity contribution in [1.29, 1.82) is 0 Å². The highest BCUT2D eigenvalue weighted by atomic mass is 32.2. The summed E-state index contributed by atoms with van der Waals surface area (Å²) in [6.07, 6.45) is 1.52. The summed E-state index contributed by atoms with van der Waals surface area (Å²) in [5.74, 6) is -0.928. The second kappa shape index (κ2) is 7.43. The number of Topliss-reactive ketones (excluding diaryl/α,β-unsaturated/α-hetero) is 1. The average Bonchev–Trinajstić information content (AvgIpc) is 3.43. The number of ketones is 1. The molecule has 1 saturated carbocycles. The Kier molecular flexibility index (Phi) is 5.06. The molecular formula is C18H18N4O6S2. The molecule has 0 aliphatic heterocycles. The molecule has 10 nitrogen and oxygen atoms in total. The minimum absolute atomic E-state index is 0.0363. The van der Waals surface area contributed by atoms with E-state index < -0.39 is 26.9 Å². The molecule has 1 aliphatic rings. The van der Waals surface area contributed by atoms with Gasteiger partial charge < -0.3 is 10.2 Å². The molecule has 12 heteroatoms. The molecule has 1 aliphatic carbocycles. The molecule has 0 spiro atoms. The zero-order valence-electron chi connectivity index (χ0n) is 15.9. The number of nitrogens with two attached hydrogens (primary N) is 1. The van der Waals surface area contributed by atoms with Crippen molar-refractivity contribution in [2.24, 2.45) is 0 Å². The van der Waals surface area contributed by atoms with Crippen LogP contribution in [0.15, 0.2) is 42.3 Å². The van der Waals surface area contributed by atoms with Crippen LogP contribution in [0.3, 0.4) is 0 Å². The van der Waals surface area contributed by atoms with Crippen LogP contribution in [-0.4, -0.2) is 40.2 Å². The maximum Gasteiger partial charge on any atom is 0.330 e. The third-order valence-electron chi connectivity index (χ3n) is 4.78. The van der Waals surface area contributed by atoms with E-state index in [0.29, 0.717) is 11.1 Å². The number of thioether (sulfide) groups is 1. The number of oxazole rings is 1. The van der Waals surface area contributed by atoms with Crippen molar-refractivity contribution in [3.8, 4) is 0 Å². The number of H-pyrrole nitrogens is 1. The van der Waals surface area contributed by atoms with Gasteiger partial charge in [-0.25, -0.2) is 18.2 Å². The highest BCUT2D eigenvalue weighted by molar-refractivity contribution is 7.99. The number of nitrogens with one attached hydrogen (secondary N) is 1. The highest BCUT2D eigenvalue weighted by Gasteiger charge is 2.30. The summed E-state index contributed by atoms with van der Waals surface area (Å²) in [6, 6.07) is 4.26. The molecule has 3 N–H and O–H groups in total. The largest absolute Gasteiger partial charge is 0.431 e. The van der Waals surface area contributed by atoms with Gasteiger partial charge in [-0.3, -0.25) is 19.1 Å². The van der Waals surface area contributed by atoms with Crippen molar-refractivity contribution < 1.29 is 17.6 Å². The summed E-state index contributed by atoms with van der Waals surface area (Å²) in [7, 11) is -3.38. The fraction of sp³-hybridized carbons (Fsp3) is 0.333. The fourth-order valence-corrected chi connectivity index (χ4v) is 4.65. The minimum Gasteiger partial charge on any atom is -0.431 e. The number of rotatable bonds is 7. The number of aromatic amines is 1. The second-order valence-electron chi connectivity index (χ2n) is 6.85. The van der Waals surface area contributed by atoms with Crippen LogP contribution < -0.4 is 17.0 Å². The standard InChI is InChI=1S/C18H18N4O6S2/c1-2-30(26,27)10-5-6-13-11(7-10)20-18(28-13)29-8-12(23)14-15(19)22(9-3-4-9)17(25)21-16(14)24/h5-7,9H,2-4,8,19H2,1H3,(H,21,24,25). The van der Waals surface area contributed by atoms with E-state index in [1.165, 1.54) is 22.8 Å². The summed E-state index contributed by atoms with van der Waals surface area (Å²) >= 11 is 0.947. The number of hydrogen-bond acceptors (Lipinski definition) is 9. The Bertz CT molecular complexity index is 1380. The third-order valence-corrected chi connectivity index (χ3v) is 7.34. The number of aromatic nitrogens is 3. The van der Waals surface area contributed by atoms with Crippen LogP contribution in [0.1, 0.15) is 36.2 Å². The Labute approximate surface area is 174 Å². The van der Waals surface area contributed by atoms with Crippen LogP contribution in [-0.2, 0) is 9.84 Å². The van der Waals surface area contributed by atoms with E-state index in [2.05, 4.69) is 9.97 Å². The number of fused-ring (bicyclic) bond motifs is 1. The Morgan fingerprint density at radius 3 is 2.77 bits per heavy atom. The molecule has 2 heterocycles. The maximum atomic E-state index is 12.6. The van der Waals surface area contributed by atoms with E-state index in [1.54, 1.807) is 6.92 Å². The van der Waals surface area contributed by atoms with Crippen molar-refractivity contribution in [2.75, 3.05) is 17.2 Å². The SMILES string of the molecule is CCS(=O)(=O)c1ccc2oc(SCC(=O)c3c(N)n(C4CC4)c(=O)[nH]c3=O)nc2c1. The van der Waals surface area contributed by atoms with Gasteiger partial charge in [-0.05, 0) is 31.0 Å². The van der Waals surface area contributed by atoms with Crippen LogP contribution >= 0.6 is 11.8 Å². The summed E-state index contributed by atoms with van der Waals surface area (Å²) < 4.78 is 30.8. The number of benzene rings is 1. The van der Waals surface area contributed by atoms with Crippen molar-refractivity contribution >= 4 is 44.3 Å². The van der Waals surface area contributed by atoms with Gasteiger partial charge in [-0.15, -0.1) is 0 Å². The smallest absolute Gasteiger partial charge is 0.330 e. The molecule has 4 rings (SSSR count). The van der Waals surface area contributed by atoms with E-state index >= 15 is 0 Å². The number of nitrogen functional groups attached to an aromatic ring is 1. The lowest BCUT2D eigenvalue weighted by atomic mass is 10.2. The molecule has 0 bridgehead atoms. The molecular weight excluding hydrogens is 432 g/mol. The van der Waals surface area contributed by atoms with Gasteiger partial charge in [0.2, 0.25) is 0 Å². The van der Waals surface area contributed by atoms with E-state index in [0.717, 1.165) is 24.6 Å². The summed E-state index contributed by atoms with van der Waals surface area (Å²) in [5, 5.41) is 0.148. The monoisotopic (exact) mass is 450 g/mol. The topological polar surface area (TPSA) is 158 Å². The lowest BCUT2D eigenvalue weighted by molar-refractivity contribution is 0.102. The van der Waals surface area contributed by atoms with Gasteiger partial charge >= 0.3 is 5.69 Å². The van der Waals surface area contributed by atoms with E-state index in [4.69, 9.17) is 10.2 Å². The Balaban J connectivity index is 1.57. The van der Waals surface area contributed by atoms with Crippen molar-refractivity contribution in [3.63, 3.8) is 0 Å². The maximum absolute atomic E-state index is 12.6. The molecule has 1 aromatic carbocycles. The van der Waals surface area contributed by atoms with Gasteiger partial charge in [0, 0.05) is 6.04 Å². The normalized spacial score (nSPS) is 14.3. The summed E-state index contributed by atoms with van der Waals surface area (Å²) in [6.45, 7) is 1.55. The van der Waals surface area contributed by atoms with Crippen LogP contribution in [0.25, 0.3) is 11.1 Å². The third kappa shape index (κ3) is 3.67. The van der Waals surface area contributed by atoms with Crippen molar-refractivity contribution in [3.05, 3.63) is 44.6 Å². The number of carbonyl (C=O) groups is 1. The molecule has 0 saturated heterocycles. The zero-order chi connectivity index (χ0) is 21.6. The number of hydrogen-bond donors (Lipinski definition) is 2. The molecule has 30 heavy (non-hydrogen) atoms. The van der Waals surface area contributed by atoms with Gasteiger partial charge in [-0.1, -0.05) is 18.7 Å². The second-order valence-corrected chi connectivity index (χ2v) is 10.1. The lowest BCUT2D eigenvalue weighted by Crippen LogP contribution is -2.36. The molecule has 3 aromatic rings. The summed E-state index contributed by atoms with van der Waals surface area (Å²) in [5.41, 5.74) is 4.95. The number of nitrogens with zero attached hydrogens (tertiary/aromatic N) is 2. The first-order valence-electron chi connectivity index (χ1n) is 9.15. The van der Waals surface area contributed by atoms with Gasteiger partial charge in [-0.2, -0.15) is 0 Å². The molecule has 2 aromatic heterocycles. The molecule has 0 radical (unpaired) electrons. The van der Waals surface area contributed by atoms with Crippen LogP contribution in [0.5, 0.6) is 0 Å². The van der Waals surface area contributed by atoms with Crippen LogP contribution in [0, 0.1) is 0 Å². The Morgan fingerprint density at radius 2 is 2.10 bits per heavy atom. The van der Waals surface area contributed by atoms with Gasteiger partial charge in [0.15, 0.2) is 21.2 Å². The molecule has 0 atom stereocenters. The minimum atomic E-state index is -3.38. The van der Waals surface area contributed by atoms with Gasteiger partial charge in [0.05, 0.1) is 16.4 Å². The Hall–Kier alpha value is -2.86. The van der Waals surface area contributed by atoms with Crippen LogP contribution in [0.2, 0.25) is 0 Å². The molecule has 1 fully saturated rings. The Morgan fingerprint density at radius 1 is 1.37 bits per heavy atom. The molecule has 158 valence electrons. The predicted octanol–water partition coefficient (Wildman–Crippen LogP) is 1.36. The zero-order valence-corrected chi connectivity index (χ0v) is 17.5. The lowest BCUT2D eigenvalue weighted by Gasteiger charge is -2.10. The summed E-state index contributed by atoms with van der Waals surface area (Å²) in [4.78, 5) is 43.2. The average molecular weight is 450 g/mol. The van der Waals surface area contributed by atoms with Crippen LogP contribution in [0.4, 0.5) is 5.82 Å². The van der Waals surface area contributed by atoms with Gasteiger partial charge in [0.25, 0.3) is 10.8 Å². The molecule has 0 unspecified atom stereocenters. The first kappa shape index (κ1) is 20.4. The quantitative estimate of drug-likeness (QED) is 0.400. The predicted molar refractivity (Wildman–Crippen MR) is 111 cm³/mol. The van der Waals surface area contributed by atoms with Crippen molar-refractivity contribution in [2.45, 2.75) is 35.9 Å². The first-order valence-corrected chi connectivity index (χ1v) is 11.8. The van der Waals surface area contributed by atoms with E-state index in [9.17, 15) is 22.8 Å². The van der Waals surface area contributed by atoms with Crippen molar-refractivity contribution in [1.82, 2.24) is 14.5 Å². The number of sulfone groups is 1. The van der Waals surface area contributed by atoms with E-state index in [1.807, 2.05) is 0 Å². The highest BCUT2D eigenvalue weighted by Crippen LogP contribution is 2.35. The molecule has 0 amide bonds. The first-order chi connectivity index (χ1) is 14.2.